The molecule has 2 amide bonds. The summed E-state index contributed by atoms with van der Waals surface area (Å²) in [5.41, 5.74) is 2.82. The first-order valence-corrected chi connectivity index (χ1v) is 10.8. The Hall–Kier alpha value is -3.77. The Balaban J connectivity index is 1.86. The molecule has 4 rings (SSSR count). The SMILES string of the molecule is CCOc1ccccc1NC1=C(c2ccc(Cl)cc2)C(=O)N(c2cc(C)ccc2OC)C1=O. The molecule has 0 saturated carbocycles. The maximum Gasteiger partial charge on any atom is 0.282 e. The molecular formula is C26H23ClN2O4. The van der Waals surface area contributed by atoms with E-state index < -0.39 is 11.8 Å². The van der Waals surface area contributed by atoms with Crippen molar-refractivity contribution in [3.05, 3.63) is 88.6 Å². The van der Waals surface area contributed by atoms with Gasteiger partial charge in [0.2, 0.25) is 0 Å². The molecular weight excluding hydrogens is 440 g/mol. The quantitative estimate of drug-likeness (QED) is 0.473. The molecule has 0 atom stereocenters. The number of carbonyl (C=O) groups is 2. The highest BCUT2D eigenvalue weighted by atomic mass is 35.5. The molecule has 0 fully saturated rings. The molecule has 0 spiro atoms. The van der Waals surface area contributed by atoms with E-state index in [9.17, 15) is 9.59 Å². The maximum absolute atomic E-state index is 13.7. The third kappa shape index (κ3) is 4.30. The summed E-state index contributed by atoms with van der Waals surface area (Å²) in [5, 5.41) is 3.69. The fourth-order valence-corrected chi connectivity index (χ4v) is 3.84. The minimum Gasteiger partial charge on any atom is -0.495 e. The normalized spacial score (nSPS) is 13.5. The Morgan fingerprint density at radius 1 is 0.939 bits per heavy atom. The van der Waals surface area contributed by atoms with E-state index in [0.29, 0.717) is 40.1 Å². The molecule has 0 aromatic heterocycles. The van der Waals surface area contributed by atoms with Crippen LogP contribution in [0, 0.1) is 6.92 Å². The van der Waals surface area contributed by atoms with E-state index in [0.717, 1.165) is 10.5 Å². The molecule has 168 valence electrons. The van der Waals surface area contributed by atoms with Crippen molar-refractivity contribution in [2.24, 2.45) is 0 Å². The minimum atomic E-state index is -0.486. The fourth-order valence-electron chi connectivity index (χ4n) is 3.71. The van der Waals surface area contributed by atoms with Crippen LogP contribution >= 0.6 is 11.6 Å². The van der Waals surface area contributed by atoms with E-state index in [2.05, 4.69) is 5.32 Å². The predicted octanol–water partition coefficient (Wildman–Crippen LogP) is 5.45. The van der Waals surface area contributed by atoms with Gasteiger partial charge in [-0.1, -0.05) is 41.9 Å². The second kappa shape index (κ2) is 9.38. The van der Waals surface area contributed by atoms with Crippen LogP contribution in [0.5, 0.6) is 11.5 Å². The van der Waals surface area contributed by atoms with Crippen LogP contribution in [0.3, 0.4) is 0 Å². The van der Waals surface area contributed by atoms with E-state index in [1.54, 1.807) is 48.5 Å². The van der Waals surface area contributed by atoms with E-state index in [1.807, 2.05) is 32.0 Å². The highest BCUT2D eigenvalue weighted by Crippen LogP contribution is 2.39. The molecule has 3 aromatic rings. The van der Waals surface area contributed by atoms with Crippen LogP contribution in [0.1, 0.15) is 18.1 Å². The summed E-state index contributed by atoms with van der Waals surface area (Å²) in [6, 6.07) is 19.4. The Morgan fingerprint density at radius 3 is 2.36 bits per heavy atom. The zero-order chi connectivity index (χ0) is 23.5. The summed E-state index contributed by atoms with van der Waals surface area (Å²) in [6.45, 7) is 4.23. The van der Waals surface area contributed by atoms with Gasteiger partial charge in [0.05, 0.1) is 30.7 Å². The zero-order valence-corrected chi connectivity index (χ0v) is 19.3. The van der Waals surface area contributed by atoms with Gasteiger partial charge >= 0.3 is 0 Å². The molecule has 0 unspecified atom stereocenters. The number of rotatable bonds is 7. The van der Waals surface area contributed by atoms with Crippen molar-refractivity contribution in [2.75, 3.05) is 23.9 Å². The topological polar surface area (TPSA) is 67.9 Å². The van der Waals surface area contributed by atoms with Crippen molar-refractivity contribution >= 4 is 40.4 Å². The number of aryl methyl sites for hydroxylation is 1. The summed E-state index contributed by atoms with van der Waals surface area (Å²) in [7, 11) is 1.50. The van der Waals surface area contributed by atoms with Gasteiger partial charge in [-0.3, -0.25) is 9.59 Å². The first-order chi connectivity index (χ1) is 15.9. The lowest BCUT2D eigenvalue weighted by atomic mass is 10.0. The van der Waals surface area contributed by atoms with E-state index in [1.165, 1.54) is 7.11 Å². The van der Waals surface area contributed by atoms with Crippen LogP contribution in [0.2, 0.25) is 5.02 Å². The number of nitrogens with zero attached hydrogens (tertiary/aromatic N) is 1. The lowest BCUT2D eigenvalue weighted by Crippen LogP contribution is -2.32. The molecule has 1 aliphatic rings. The van der Waals surface area contributed by atoms with Crippen molar-refractivity contribution < 1.29 is 19.1 Å². The van der Waals surface area contributed by atoms with E-state index in [-0.39, 0.29) is 11.3 Å². The number of benzene rings is 3. The van der Waals surface area contributed by atoms with Gasteiger partial charge in [0.25, 0.3) is 11.8 Å². The number of hydrogen-bond acceptors (Lipinski definition) is 5. The van der Waals surface area contributed by atoms with Gasteiger partial charge in [-0.25, -0.2) is 4.90 Å². The van der Waals surface area contributed by atoms with Gasteiger partial charge < -0.3 is 14.8 Å². The van der Waals surface area contributed by atoms with Crippen LogP contribution < -0.4 is 19.7 Å². The fraction of sp³-hybridized carbons (Fsp3) is 0.154. The Bertz CT molecular complexity index is 1250. The number of anilines is 2. The number of hydrogen-bond donors (Lipinski definition) is 1. The molecule has 1 aliphatic heterocycles. The third-order valence-electron chi connectivity index (χ3n) is 5.24. The van der Waals surface area contributed by atoms with Crippen LogP contribution in [-0.4, -0.2) is 25.5 Å². The third-order valence-corrected chi connectivity index (χ3v) is 5.49. The van der Waals surface area contributed by atoms with Crippen molar-refractivity contribution in [3.8, 4) is 11.5 Å². The van der Waals surface area contributed by atoms with Crippen molar-refractivity contribution in [1.82, 2.24) is 0 Å². The van der Waals surface area contributed by atoms with Gasteiger partial charge in [-0.05, 0) is 61.4 Å². The number of halogens is 1. The average molecular weight is 463 g/mol. The standard InChI is InChI=1S/C26H23ClN2O4/c1-4-33-21-8-6-5-7-19(21)28-24-23(17-10-12-18(27)13-11-17)25(30)29(26(24)31)20-15-16(2)9-14-22(20)32-3/h5-15,28H,4H2,1-3H3. The molecule has 0 radical (unpaired) electrons. The van der Waals surface area contributed by atoms with Gasteiger partial charge in [0.1, 0.15) is 17.2 Å². The molecule has 0 bridgehead atoms. The smallest absolute Gasteiger partial charge is 0.282 e. The lowest BCUT2D eigenvalue weighted by molar-refractivity contribution is -0.120. The minimum absolute atomic E-state index is 0.151. The van der Waals surface area contributed by atoms with Crippen molar-refractivity contribution in [3.63, 3.8) is 0 Å². The molecule has 0 saturated heterocycles. The summed E-state index contributed by atoms with van der Waals surface area (Å²) >= 11 is 6.06. The van der Waals surface area contributed by atoms with Crippen LogP contribution in [-0.2, 0) is 9.59 Å². The highest BCUT2D eigenvalue weighted by Gasteiger charge is 2.41. The summed E-state index contributed by atoms with van der Waals surface area (Å²) in [6.07, 6.45) is 0. The number of amides is 2. The average Bonchev–Trinajstić information content (AvgIpc) is 3.05. The van der Waals surface area contributed by atoms with Gasteiger partial charge in [0, 0.05) is 5.02 Å². The number of imide groups is 1. The second-order valence-electron chi connectivity index (χ2n) is 7.43. The second-order valence-corrected chi connectivity index (χ2v) is 7.87. The predicted molar refractivity (Wildman–Crippen MR) is 130 cm³/mol. The molecule has 7 heteroatoms. The summed E-state index contributed by atoms with van der Waals surface area (Å²) in [4.78, 5) is 28.5. The molecule has 0 aliphatic carbocycles. The molecule has 1 heterocycles. The number of carbonyl (C=O) groups excluding carboxylic acids is 2. The van der Waals surface area contributed by atoms with Gasteiger partial charge in [0.15, 0.2) is 0 Å². The van der Waals surface area contributed by atoms with Gasteiger partial charge in [-0.2, -0.15) is 0 Å². The largest absolute Gasteiger partial charge is 0.495 e. The number of para-hydroxylation sites is 2. The lowest BCUT2D eigenvalue weighted by Gasteiger charge is -2.19. The number of ether oxygens (including phenoxy) is 2. The summed E-state index contributed by atoms with van der Waals surface area (Å²) in [5.74, 6) is 0.0614. The molecule has 6 nitrogen and oxygen atoms in total. The van der Waals surface area contributed by atoms with E-state index in [4.69, 9.17) is 21.1 Å². The monoisotopic (exact) mass is 462 g/mol. The van der Waals surface area contributed by atoms with Crippen LogP contribution in [0.15, 0.2) is 72.4 Å². The first kappa shape index (κ1) is 22.4. The van der Waals surface area contributed by atoms with Crippen LogP contribution in [0.25, 0.3) is 5.57 Å². The Kier molecular flexibility index (Phi) is 6.38. The molecule has 3 aromatic carbocycles. The Labute approximate surface area is 197 Å². The Morgan fingerprint density at radius 2 is 1.67 bits per heavy atom. The maximum atomic E-state index is 13.7. The summed E-state index contributed by atoms with van der Waals surface area (Å²) < 4.78 is 11.1. The number of methoxy groups -OCH3 is 1. The highest BCUT2D eigenvalue weighted by molar-refractivity contribution is 6.46. The van der Waals surface area contributed by atoms with Crippen molar-refractivity contribution in [1.29, 1.82) is 0 Å². The van der Waals surface area contributed by atoms with E-state index >= 15 is 0 Å². The van der Waals surface area contributed by atoms with Crippen LogP contribution in [0.4, 0.5) is 11.4 Å². The number of nitrogens with one attached hydrogen (secondary N) is 1. The first-order valence-electron chi connectivity index (χ1n) is 10.5. The van der Waals surface area contributed by atoms with Crippen molar-refractivity contribution in [2.45, 2.75) is 13.8 Å². The molecule has 1 N–H and O–H groups in total. The van der Waals surface area contributed by atoms with Gasteiger partial charge in [-0.15, -0.1) is 0 Å². The zero-order valence-electron chi connectivity index (χ0n) is 18.5. The molecule has 33 heavy (non-hydrogen) atoms.